The normalized spacial score (nSPS) is 57.7. The predicted molar refractivity (Wildman–Crippen MR) is 73.1 cm³/mol. The van der Waals surface area contributed by atoms with Crippen molar-refractivity contribution >= 4 is 22.9 Å². The highest BCUT2D eigenvalue weighted by Gasteiger charge is 2.71. The Morgan fingerprint density at radius 2 is 1.50 bits per heavy atom. The SMILES string of the molecule is CC1(C)O[C@@H]2[C@H](O1)[C@@]1(C)C[C@](O)(NI)C[C@]2(C)O1. The van der Waals surface area contributed by atoms with E-state index >= 15 is 0 Å². The molecule has 3 fully saturated rings. The number of aliphatic hydroxyl groups is 1. The Bertz CT molecular complexity index is 362. The fraction of sp³-hybridized carbons (Fsp3) is 1.00. The number of fused-ring (bicyclic) bond motifs is 5. The molecule has 5 atom stereocenters. The molecule has 6 heteroatoms. The Balaban J connectivity index is 1.99. The first-order valence-electron chi connectivity index (χ1n) is 6.28. The fourth-order valence-corrected chi connectivity index (χ4v) is 4.25. The minimum absolute atomic E-state index is 0.128. The maximum Gasteiger partial charge on any atom is 0.164 e. The van der Waals surface area contributed by atoms with Crippen molar-refractivity contribution in [2.24, 2.45) is 0 Å². The van der Waals surface area contributed by atoms with Gasteiger partial charge < -0.3 is 19.3 Å². The Hall–Kier alpha value is 0.530. The molecule has 18 heavy (non-hydrogen) atoms. The molecule has 3 aliphatic rings. The Morgan fingerprint density at radius 3 is 1.89 bits per heavy atom. The molecule has 0 aromatic rings. The lowest BCUT2D eigenvalue weighted by atomic mass is 9.87. The Labute approximate surface area is 121 Å². The second-order valence-electron chi connectivity index (χ2n) is 6.68. The highest BCUT2D eigenvalue weighted by molar-refractivity contribution is 14.1. The average Bonchev–Trinajstić information content (AvgIpc) is 2.60. The lowest BCUT2D eigenvalue weighted by molar-refractivity contribution is -0.268. The number of nitrogens with one attached hydrogen (secondary N) is 1. The van der Waals surface area contributed by atoms with E-state index in [4.69, 9.17) is 14.2 Å². The fourth-order valence-electron chi connectivity index (χ4n) is 3.87. The molecule has 0 spiro atoms. The third kappa shape index (κ3) is 1.76. The first-order chi connectivity index (χ1) is 8.12. The zero-order valence-electron chi connectivity index (χ0n) is 11.1. The molecule has 0 aliphatic carbocycles. The summed E-state index contributed by atoms with van der Waals surface area (Å²) in [6.07, 6.45) is 0.741. The van der Waals surface area contributed by atoms with E-state index in [1.165, 1.54) is 0 Å². The molecule has 3 aliphatic heterocycles. The molecule has 0 saturated carbocycles. The lowest BCUT2D eigenvalue weighted by Crippen LogP contribution is -2.58. The minimum Gasteiger partial charge on any atom is -0.375 e. The molecule has 3 rings (SSSR count). The molecule has 0 aromatic heterocycles. The third-order valence-electron chi connectivity index (χ3n) is 4.23. The van der Waals surface area contributed by atoms with E-state index in [1.54, 1.807) is 0 Å². The first-order valence-corrected chi connectivity index (χ1v) is 7.35. The van der Waals surface area contributed by atoms with Crippen LogP contribution in [0, 0.1) is 0 Å². The minimum atomic E-state index is -0.927. The van der Waals surface area contributed by atoms with Crippen molar-refractivity contribution in [3.8, 4) is 0 Å². The van der Waals surface area contributed by atoms with Crippen molar-refractivity contribution in [3.63, 3.8) is 0 Å². The smallest absolute Gasteiger partial charge is 0.164 e. The van der Waals surface area contributed by atoms with E-state index < -0.39 is 22.7 Å². The van der Waals surface area contributed by atoms with Crippen LogP contribution in [0.15, 0.2) is 0 Å². The van der Waals surface area contributed by atoms with E-state index in [9.17, 15) is 5.11 Å². The van der Waals surface area contributed by atoms with E-state index in [1.807, 2.05) is 50.6 Å². The van der Waals surface area contributed by atoms with Crippen LogP contribution in [0.4, 0.5) is 0 Å². The topological polar surface area (TPSA) is 60.0 Å². The molecule has 3 heterocycles. The van der Waals surface area contributed by atoms with Crippen LogP contribution in [0.2, 0.25) is 0 Å². The van der Waals surface area contributed by atoms with Crippen molar-refractivity contribution in [1.29, 1.82) is 0 Å². The van der Waals surface area contributed by atoms with Gasteiger partial charge >= 0.3 is 0 Å². The van der Waals surface area contributed by atoms with E-state index in [0.717, 1.165) is 0 Å². The number of hydrogen-bond donors (Lipinski definition) is 2. The molecular weight excluding hydrogens is 349 g/mol. The van der Waals surface area contributed by atoms with Gasteiger partial charge in [-0.1, -0.05) is 0 Å². The van der Waals surface area contributed by atoms with Crippen molar-refractivity contribution < 1.29 is 19.3 Å². The molecule has 0 unspecified atom stereocenters. The highest BCUT2D eigenvalue weighted by Crippen LogP contribution is 2.57. The Morgan fingerprint density at radius 1 is 1.06 bits per heavy atom. The van der Waals surface area contributed by atoms with Gasteiger partial charge in [-0.25, -0.2) is 3.53 Å². The predicted octanol–water partition coefficient (Wildman–Crippen LogP) is 1.48. The number of rotatable bonds is 1. The van der Waals surface area contributed by atoms with Gasteiger partial charge in [0.25, 0.3) is 0 Å². The van der Waals surface area contributed by atoms with Crippen molar-refractivity contribution in [1.82, 2.24) is 3.53 Å². The molecule has 3 saturated heterocycles. The average molecular weight is 369 g/mol. The second-order valence-corrected chi connectivity index (χ2v) is 7.22. The maximum absolute atomic E-state index is 10.6. The van der Waals surface area contributed by atoms with Crippen LogP contribution < -0.4 is 3.53 Å². The monoisotopic (exact) mass is 369 g/mol. The van der Waals surface area contributed by atoms with Crippen molar-refractivity contribution in [2.45, 2.75) is 75.5 Å². The van der Waals surface area contributed by atoms with Crippen LogP contribution in [-0.2, 0) is 14.2 Å². The van der Waals surface area contributed by atoms with E-state index in [2.05, 4.69) is 3.53 Å². The number of halogens is 1. The molecule has 2 N–H and O–H groups in total. The van der Waals surface area contributed by atoms with Gasteiger partial charge in [0.2, 0.25) is 0 Å². The van der Waals surface area contributed by atoms with Gasteiger partial charge in [-0.05, 0) is 27.7 Å². The number of hydrogen-bond acceptors (Lipinski definition) is 5. The van der Waals surface area contributed by atoms with Gasteiger partial charge in [0.1, 0.15) is 17.9 Å². The summed E-state index contributed by atoms with van der Waals surface area (Å²) in [5, 5.41) is 10.6. The van der Waals surface area contributed by atoms with Gasteiger partial charge in [0, 0.05) is 35.7 Å². The third-order valence-corrected chi connectivity index (χ3v) is 5.23. The summed E-state index contributed by atoms with van der Waals surface area (Å²) >= 11 is 2.00. The van der Waals surface area contributed by atoms with E-state index in [0.29, 0.717) is 12.8 Å². The van der Waals surface area contributed by atoms with Crippen LogP contribution >= 0.6 is 22.9 Å². The summed E-state index contributed by atoms with van der Waals surface area (Å²) in [4.78, 5) is 0. The van der Waals surface area contributed by atoms with Gasteiger partial charge in [-0.15, -0.1) is 0 Å². The highest BCUT2D eigenvalue weighted by atomic mass is 127. The summed E-state index contributed by atoms with van der Waals surface area (Å²) in [5.41, 5.74) is -1.96. The van der Waals surface area contributed by atoms with Gasteiger partial charge in [0.05, 0.1) is 11.2 Å². The van der Waals surface area contributed by atoms with Crippen molar-refractivity contribution in [2.75, 3.05) is 0 Å². The van der Waals surface area contributed by atoms with Crippen LogP contribution in [-0.4, -0.2) is 40.0 Å². The molecule has 5 nitrogen and oxygen atoms in total. The summed E-state index contributed by atoms with van der Waals surface area (Å²) < 4.78 is 21.2. The quantitative estimate of drug-likeness (QED) is 0.417. The summed E-state index contributed by atoms with van der Waals surface area (Å²) in [6.45, 7) is 7.85. The van der Waals surface area contributed by atoms with E-state index in [-0.39, 0.29) is 12.2 Å². The Kier molecular flexibility index (Phi) is 2.69. The van der Waals surface area contributed by atoms with Crippen molar-refractivity contribution in [3.05, 3.63) is 0 Å². The maximum atomic E-state index is 10.6. The summed E-state index contributed by atoms with van der Waals surface area (Å²) in [5.74, 6) is -0.575. The lowest BCUT2D eigenvalue weighted by Gasteiger charge is -2.47. The standard InChI is InChI=1S/C12H20INO4/c1-9(2)16-7-8(17-9)11(4)6-12(15,14-13)5-10(7,3)18-11/h7-8,14-15H,5-6H2,1-4H3/t7-,8+,10+,11-,12+. The second kappa shape index (κ2) is 3.59. The zero-order chi connectivity index (χ0) is 13.4. The molecule has 0 radical (unpaired) electrons. The molecule has 104 valence electrons. The van der Waals surface area contributed by atoms with Gasteiger partial charge in [-0.2, -0.15) is 0 Å². The molecule has 0 amide bonds. The van der Waals surface area contributed by atoms with Gasteiger partial charge in [-0.3, -0.25) is 0 Å². The number of ether oxygens (including phenoxy) is 3. The van der Waals surface area contributed by atoms with Gasteiger partial charge in [0.15, 0.2) is 5.79 Å². The largest absolute Gasteiger partial charge is 0.375 e. The van der Waals surface area contributed by atoms with Crippen LogP contribution in [0.1, 0.15) is 40.5 Å². The first kappa shape index (κ1) is 13.5. The van der Waals surface area contributed by atoms with Crippen LogP contribution in [0.25, 0.3) is 0 Å². The zero-order valence-corrected chi connectivity index (χ0v) is 13.3. The molecule has 2 bridgehead atoms. The summed E-state index contributed by atoms with van der Waals surface area (Å²) in [6, 6.07) is 0. The summed E-state index contributed by atoms with van der Waals surface area (Å²) in [7, 11) is 0. The molecule has 0 aromatic carbocycles. The molecular formula is C12H20INO4. The van der Waals surface area contributed by atoms with Crippen LogP contribution in [0.3, 0.4) is 0 Å². The van der Waals surface area contributed by atoms with Crippen LogP contribution in [0.5, 0.6) is 0 Å².